The third-order valence-electron chi connectivity index (χ3n) is 5.93. The zero-order chi connectivity index (χ0) is 28.7. The van der Waals surface area contributed by atoms with Gasteiger partial charge in [-0.05, 0) is 37.2 Å². The van der Waals surface area contributed by atoms with Gasteiger partial charge >= 0.3 is 5.97 Å². The molecule has 0 spiro atoms. The first kappa shape index (κ1) is 32.7. The Labute approximate surface area is 226 Å². The molecular formula is C23H41N9O5S. The average Bonchev–Trinajstić information content (AvgIpc) is 3.39. The van der Waals surface area contributed by atoms with Crippen molar-refractivity contribution in [3.63, 3.8) is 0 Å². The van der Waals surface area contributed by atoms with Gasteiger partial charge in [-0.15, -0.1) is 0 Å². The molecule has 0 aromatic carbocycles. The van der Waals surface area contributed by atoms with Gasteiger partial charge < -0.3 is 43.2 Å². The summed E-state index contributed by atoms with van der Waals surface area (Å²) in [4.78, 5) is 61.4. The van der Waals surface area contributed by atoms with Crippen molar-refractivity contribution in [3.8, 4) is 0 Å². The van der Waals surface area contributed by atoms with Gasteiger partial charge in [0.1, 0.15) is 18.1 Å². The number of guanidine groups is 1. The highest BCUT2D eigenvalue weighted by Gasteiger charge is 2.32. The smallest absolute Gasteiger partial charge is 0.326 e. The van der Waals surface area contributed by atoms with Gasteiger partial charge in [0.25, 0.3) is 0 Å². The van der Waals surface area contributed by atoms with E-state index in [1.807, 2.05) is 13.2 Å². The number of carboxylic acids is 1. The molecule has 0 saturated heterocycles. The van der Waals surface area contributed by atoms with E-state index in [-0.39, 0.29) is 31.3 Å². The Kier molecular flexibility index (Phi) is 14.8. The molecule has 11 N–H and O–H groups in total. The number of aromatic amines is 1. The number of aromatic nitrogens is 2. The topological polar surface area (TPSA) is 244 Å². The summed E-state index contributed by atoms with van der Waals surface area (Å²) in [5.41, 5.74) is 17.2. The Bertz CT molecular complexity index is 924. The zero-order valence-corrected chi connectivity index (χ0v) is 22.9. The number of rotatable bonds is 18. The van der Waals surface area contributed by atoms with Crippen LogP contribution in [0, 0.1) is 5.92 Å². The number of nitrogens with zero attached hydrogens (tertiary/aromatic N) is 2. The van der Waals surface area contributed by atoms with Crippen LogP contribution in [0.5, 0.6) is 0 Å². The van der Waals surface area contributed by atoms with Gasteiger partial charge in [-0.2, -0.15) is 11.8 Å². The largest absolute Gasteiger partial charge is 0.480 e. The summed E-state index contributed by atoms with van der Waals surface area (Å²) < 4.78 is 0. The van der Waals surface area contributed by atoms with E-state index in [0.29, 0.717) is 30.7 Å². The number of carboxylic acid groups (broad SMARTS) is 1. The average molecular weight is 556 g/mol. The molecular weight excluding hydrogens is 514 g/mol. The van der Waals surface area contributed by atoms with Gasteiger partial charge in [0.15, 0.2) is 5.96 Å². The van der Waals surface area contributed by atoms with Crippen LogP contribution < -0.4 is 33.2 Å². The Morgan fingerprint density at radius 3 is 2.34 bits per heavy atom. The first-order chi connectivity index (χ1) is 18.0. The molecule has 0 aliphatic rings. The third-order valence-corrected chi connectivity index (χ3v) is 6.58. The van der Waals surface area contributed by atoms with Crippen LogP contribution in [0.4, 0.5) is 0 Å². The highest BCUT2D eigenvalue weighted by Crippen LogP contribution is 2.11. The van der Waals surface area contributed by atoms with Crippen LogP contribution in [0.2, 0.25) is 0 Å². The number of hydrogen-bond donors (Lipinski definition) is 8. The Morgan fingerprint density at radius 2 is 1.79 bits per heavy atom. The van der Waals surface area contributed by atoms with Crippen molar-refractivity contribution in [1.29, 1.82) is 0 Å². The number of nitrogens with two attached hydrogens (primary N) is 3. The minimum absolute atomic E-state index is 0.0142. The van der Waals surface area contributed by atoms with Crippen LogP contribution in [0.1, 0.15) is 45.2 Å². The number of aliphatic carboxylic acids is 1. The summed E-state index contributed by atoms with van der Waals surface area (Å²) in [5, 5.41) is 17.5. The number of thioether (sulfide) groups is 1. The fourth-order valence-corrected chi connectivity index (χ4v) is 3.95. The molecule has 1 aromatic rings. The van der Waals surface area contributed by atoms with E-state index in [2.05, 4.69) is 30.9 Å². The van der Waals surface area contributed by atoms with Crippen LogP contribution in [0.3, 0.4) is 0 Å². The molecule has 3 amide bonds. The molecule has 1 aromatic heterocycles. The number of carbonyl (C=O) groups is 4. The lowest BCUT2D eigenvalue weighted by Crippen LogP contribution is -2.59. The second kappa shape index (κ2) is 17.2. The molecule has 214 valence electrons. The molecule has 0 fully saturated rings. The summed E-state index contributed by atoms with van der Waals surface area (Å²) in [5.74, 6) is -2.71. The number of aliphatic imine (C=N–C) groups is 1. The molecule has 0 radical (unpaired) electrons. The molecule has 0 bridgehead atoms. The first-order valence-corrected chi connectivity index (χ1v) is 13.8. The lowest BCUT2D eigenvalue weighted by molar-refractivity contribution is -0.142. The second-order valence-corrected chi connectivity index (χ2v) is 9.94. The van der Waals surface area contributed by atoms with E-state index in [4.69, 9.17) is 17.2 Å². The maximum atomic E-state index is 13.3. The van der Waals surface area contributed by atoms with Crippen LogP contribution >= 0.6 is 11.8 Å². The Balaban J connectivity index is 3.02. The molecule has 1 heterocycles. The van der Waals surface area contributed by atoms with Crippen molar-refractivity contribution in [1.82, 2.24) is 25.9 Å². The van der Waals surface area contributed by atoms with E-state index < -0.39 is 47.9 Å². The molecule has 5 atom stereocenters. The van der Waals surface area contributed by atoms with Gasteiger partial charge in [-0.3, -0.25) is 19.4 Å². The molecule has 14 nitrogen and oxygen atoms in total. The number of carbonyl (C=O) groups excluding carboxylic acids is 3. The van der Waals surface area contributed by atoms with Gasteiger partial charge in [-0.25, -0.2) is 9.78 Å². The van der Waals surface area contributed by atoms with Crippen LogP contribution in [0.25, 0.3) is 0 Å². The fraction of sp³-hybridized carbons (Fsp3) is 0.652. The summed E-state index contributed by atoms with van der Waals surface area (Å²) in [6, 6.07) is -4.09. The van der Waals surface area contributed by atoms with Gasteiger partial charge in [0.05, 0.1) is 12.4 Å². The van der Waals surface area contributed by atoms with Crippen LogP contribution in [-0.2, 0) is 25.6 Å². The quantitative estimate of drug-likeness (QED) is 0.0602. The van der Waals surface area contributed by atoms with E-state index in [1.54, 1.807) is 18.7 Å². The van der Waals surface area contributed by atoms with Gasteiger partial charge in [-0.1, -0.05) is 20.3 Å². The van der Waals surface area contributed by atoms with Crippen molar-refractivity contribution in [3.05, 3.63) is 18.2 Å². The molecule has 0 aliphatic heterocycles. The lowest BCUT2D eigenvalue weighted by Gasteiger charge is -2.28. The number of nitrogens with one attached hydrogen (secondary N) is 4. The fourth-order valence-electron chi connectivity index (χ4n) is 3.46. The third kappa shape index (κ3) is 11.8. The predicted octanol–water partition coefficient (Wildman–Crippen LogP) is -1.33. The van der Waals surface area contributed by atoms with Gasteiger partial charge in [0, 0.05) is 24.9 Å². The van der Waals surface area contributed by atoms with E-state index >= 15 is 0 Å². The monoisotopic (exact) mass is 555 g/mol. The lowest BCUT2D eigenvalue weighted by atomic mass is 9.96. The number of hydrogen-bond acceptors (Lipinski definition) is 8. The minimum atomic E-state index is -1.24. The summed E-state index contributed by atoms with van der Waals surface area (Å²) >= 11 is 1.55. The molecule has 1 rings (SSSR count). The summed E-state index contributed by atoms with van der Waals surface area (Å²) in [6.07, 6.45) is 6.28. The Morgan fingerprint density at radius 1 is 1.11 bits per heavy atom. The van der Waals surface area contributed by atoms with Crippen molar-refractivity contribution < 1.29 is 24.3 Å². The van der Waals surface area contributed by atoms with Crippen molar-refractivity contribution in [2.45, 2.75) is 70.1 Å². The molecule has 5 unspecified atom stereocenters. The summed E-state index contributed by atoms with van der Waals surface area (Å²) in [6.45, 7) is 3.85. The molecule has 0 aliphatic carbocycles. The minimum Gasteiger partial charge on any atom is -0.480 e. The maximum Gasteiger partial charge on any atom is 0.326 e. The van der Waals surface area contributed by atoms with Crippen molar-refractivity contribution in [2.24, 2.45) is 28.1 Å². The second-order valence-electron chi connectivity index (χ2n) is 8.95. The highest BCUT2D eigenvalue weighted by molar-refractivity contribution is 7.98. The SMILES string of the molecule is CCC(C)C(NC(=O)C(CCCN=C(N)N)NC(=O)C(N)CCSC)C(=O)NC(Cc1cnc[nH]1)C(=O)O. The van der Waals surface area contributed by atoms with E-state index in [1.165, 1.54) is 12.5 Å². The normalized spacial score (nSPS) is 14.8. The maximum absolute atomic E-state index is 13.3. The zero-order valence-electron chi connectivity index (χ0n) is 22.1. The van der Waals surface area contributed by atoms with Crippen molar-refractivity contribution in [2.75, 3.05) is 18.6 Å². The first-order valence-electron chi connectivity index (χ1n) is 12.4. The van der Waals surface area contributed by atoms with Crippen molar-refractivity contribution >= 4 is 41.4 Å². The number of H-pyrrole nitrogens is 1. The van der Waals surface area contributed by atoms with Crippen LogP contribution in [0.15, 0.2) is 17.5 Å². The number of imidazole rings is 1. The highest BCUT2D eigenvalue weighted by atomic mass is 32.2. The standard InChI is InChI=1S/C23H41N9O5S/c1-4-13(2)18(21(35)31-17(22(36)37)10-14-11-27-12-29-14)32-20(34)16(6-5-8-28-23(25)26)30-19(33)15(24)7-9-38-3/h11-13,15-18H,4-10,24H2,1-3H3,(H,27,29)(H,30,33)(H,31,35)(H,32,34)(H,36,37)(H4,25,26,28). The molecule has 0 saturated carbocycles. The molecule has 15 heteroatoms. The molecule has 38 heavy (non-hydrogen) atoms. The van der Waals surface area contributed by atoms with E-state index in [9.17, 15) is 24.3 Å². The Hall–Kier alpha value is -3.33. The predicted molar refractivity (Wildman–Crippen MR) is 146 cm³/mol. The van der Waals surface area contributed by atoms with Gasteiger partial charge in [0.2, 0.25) is 17.7 Å². The summed E-state index contributed by atoms with van der Waals surface area (Å²) in [7, 11) is 0. The van der Waals surface area contributed by atoms with E-state index in [0.717, 1.165) is 0 Å². The van der Waals surface area contributed by atoms with Crippen LogP contribution in [-0.4, -0.2) is 87.4 Å². The number of amides is 3.